The smallest absolute Gasteiger partial charge is 0.416 e. The molecule has 4 aromatic rings. The predicted octanol–water partition coefficient (Wildman–Crippen LogP) is 14.1. The molecule has 5 aliphatic rings. The van der Waals surface area contributed by atoms with E-state index in [0.717, 1.165) is 107 Å². The van der Waals surface area contributed by atoms with Crippen molar-refractivity contribution in [2.45, 2.75) is 107 Å². The van der Waals surface area contributed by atoms with Crippen LogP contribution in [-0.2, 0) is 45.1 Å². The van der Waals surface area contributed by atoms with Crippen LogP contribution >= 0.6 is 0 Å². The fraction of sp³-hybridized carbons (Fsp3) is 0.528. The van der Waals surface area contributed by atoms with Gasteiger partial charge in [0.15, 0.2) is 0 Å². The van der Waals surface area contributed by atoms with Crippen LogP contribution in [0.1, 0.15) is 105 Å². The SMILES string of the molecule is C.C1CCOC1.FC(F)(F)c1ccc(OC[C@@H]2CCN(CC3(c4ccc(C(F)(F)F)cc4)CCC3)C2)cc1.O=C(N1CC[C@@H](COc2ccc(C(F)(F)F)cc2)C1)C1(c2ccc(C(F)(F)F)cc2)CCC1. The van der Waals surface area contributed by atoms with Crippen molar-refractivity contribution in [2.75, 3.05) is 59.2 Å². The molecule has 390 valence electrons. The van der Waals surface area contributed by atoms with Crippen molar-refractivity contribution in [1.29, 1.82) is 0 Å². The molecular formula is C53H60F12N2O4. The number of amides is 1. The predicted molar refractivity (Wildman–Crippen MR) is 244 cm³/mol. The maximum Gasteiger partial charge on any atom is 0.416 e. The lowest BCUT2D eigenvalue weighted by Crippen LogP contribution is -2.50. The number of hydrogen-bond acceptors (Lipinski definition) is 5. The third kappa shape index (κ3) is 14.2. The first kappa shape index (κ1) is 55.3. The molecule has 4 aromatic carbocycles. The zero-order valence-electron chi connectivity index (χ0n) is 38.4. The highest BCUT2D eigenvalue weighted by Gasteiger charge is 2.49. The fourth-order valence-electron chi connectivity index (χ4n) is 9.78. The van der Waals surface area contributed by atoms with E-state index < -0.39 is 52.4 Å². The number of benzene rings is 4. The molecule has 2 saturated carbocycles. The number of carbonyl (C=O) groups excluding carboxylic acids is 1. The molecule has 2 aliphatic carbocycles. The maximum atomic E-state index is 13.3. The van der Waals surface area contributed by atoms with Gasteiger partial charge < -0.3 is 24.0 Å². The van der Waals surface area contributed by atoms with Gasteiger partial charge in [-0.3, -0.25) is 4.79 Å². The highest BCUT2D eigenvalue weighted by Crippen LogP contribution is 2.48. The molecule has 0 N–H and O–H groups in total. The molecule has 0 radical (unpaired) electrons. The first-order valence-electron chi connectivity index (χ1n) is 23.6. The van der Waals surface area contributed by atoms with Gasteiger partial charge in [0.2, 0.25) is 5.91 Å². The normalized spacial score (nSPS) is 20.8. The summed E-state index contributed by atoms with van der Waals surface area (Å²) in [7, 11) is 0. The van der Waals surface area contributed by atoms with Gasteiger partial charge in [-0.05, 0) is 142 Å². The van der Waals surface area contributed by atoms with E-state index in [1.807, 2.05) is 0 Å². The van der Waals surface area contributed by atoms with Gasteiger partial charge in [0.05, 0.1) is 40.9 Å². The Morgan fingerprint density at radius 2 is 0.915 bits per heavy atom. The first-order chi connectivity index (χ1) is 33.0. The Morgan fingerprint density at radius 1 is 0.521 bits per heavy atom. The van der Waals surface area contributed by atoms with Crippen molar-refractivity contribution in [3.8, 4) is 11.5 Å². The van der Waals surface area contributed by atoms with Gasteiger partial charge in [0.1, 0.15) is 11.5 Å². The van der Waals surface area contributed by atoms with Gasteiger partial charge >= 0.3 is 24.7 Å². The van der Waals surface area contributed by atoms with Crippen molar-refractivity contribution in [3.05, 3.63) is 130 Å². The largest absolute Gasteiger partial charge is 0.493 e. The van der Waals surface area contributed by atoms with E-state index in [4.69, 9.17) is 14.2 Å². The molecular weight excluding hydrogens is 957 g/mol. The Morgan fingerprint density at radius 3 is 1.28 bits per heavy atom. The van der Waals surface area contributed by atoms with Crippen LogP contribution in [0, 0.1) is 11.8 Å². The van der Waals surface area contributed by atoms with Crippen molar-refractivity contribution in [3.63, 3.8) is 0 Å². The third-order valence-electron chi connectivity index (χ3n) is 14.1. The molecule has 5 fully saturated rings. The second kappa shape index (κ2) is 22.8. The Hall–Kier alpha value is -4.97. The van der Waals surface area contributed by atoms with E-state index in [1.165, 1.54) is 61.4 Å². The fourth-order valence-corrected chi connectivity index (χ4v) is 9.78. The summed E-state index contributed by atoms with van der Waals surface area (Å²) in [6, 6.07) is 19.6. The Labute approximate surface area is 406 Å². The van der Waals surface area contributed by atoms with Crippen LogP contribution in [0.25, 0.3) is 0 Å². The average molecular weight is 1020 g/mol. The van der Waals surface area contributed by atoms with Gasteiger partial charge in [-0.1, -0.05) is 44.5 Å². The minimum atomic E-state index is -4.43. The monoisotopic (exact) mass is 1020 g/mol. The molecule has 1 amide bonds. The van der Waals surface area contributed by atoms with Crippen LogP contribution < -0.4 is 9.47 Å². The maximum absolute atomic E-state index is 13.3. The standard InChI is InChI=1S/C24H23F6NO2.C24H25F6NO.C4H8O.CH4/c25-23(26,27)18-4-2-17(3-5-18)22(11-1-12-22)21(32)31-13-10-16(14-31)15-33-20-8-6-19(7-9-20)24(28,29)30;25-23(26,27)19-4-2-18(3-5-19)22(11-1-12-22)16-31-13-10-17(14-31)15-32-21-8-6-20(7-9-21)24(28,29)30;1-2-4-5-3-1;/h2-9,16H,1,10-15H2;2-9,17H,1,10-16H2;1-4H2;1H4/t16-;17-;;/m11../s1. The van der Waals surface area contributed by atoms with Gasteiger partial charge in [0, 0.05) is 56.6 Å². The van der Waals surface area contributed by atoms with E-state index >= 15 is 0 Å². The Balaban J connectivity index is 0.000000209. The van der Waals surface area contributed by atoms with Crippen LogP contribution in [0.15, 0.2) is 97.1 Å². The Kier molecular flexibility index (Phi) is 17.8. The van der Waals surface area contributed by atoms with Crippen LogP contribution in [0.2, 0.25) is 0 Å². The number of halogens is 12. The molecule has 9 rings (SSSR count). The highest BCUT2D eigenvalue weighted by molar-refractivity contribution is 5.89. The molecule has 0 spiro atoms. The van der Waals surface area contributed by atoms with E-state index in [-0.39, 0.29) is 37.2 Å². The lowest BCUT2D eigenvalue weighted by molar-refractivity contribution is -0.140. The minimum Gasteiger partial charge on any atom is -0.493 e. The minimum absolute atomic E-state index is 0. The summed E-state index contributed by atoms with van der Waals surface area (Å²) in [5, 5.41) is 0. The van der Waals surface area contributed by atoms with Gasteiger partial charge in [-0.15, -0.1) is 0 Å². The molecule has 3 heterocycles. The second-order valence-electron chi connectivity index (χ2n) is 19.0. The summed E-state index contributed by atoms with van der Waals surface area (Å²) in [5.74, 6) is 0.957. The quantitative estimate of drug-likeness (QED) is 0.140. The summed E-state index contributed by atoms with van der Waals surface area (Å²) in [4.78, 5) is 17.4. The summed E-state index contributed by atoms with van der Waals surface area (Å²) in [6.45, 7) is 6.14. The van der Waals surface area contributed by atoms with Crippen LogP contribution in [0.4, 0.5) is 52.7 Å². The number of nitrogens with zero attached hydrogens (tertiary/aromatic N) is 2. The summed E-state index contributed by atoms with van der Waals surface area (Å²) >= 11 is 0. The summed E-state index contributed by atoms with van der Waals surface area (Å²) < 4.78 is 170. The molecule has 2 atom stereocenters. The summed E-state index contributed by atoms with van der Waals surface area (Å²) in [5.41, 5.74) is -2.14. The molecule has 0 unspecified atom stereocenters. The van der Waals surface area contributed by atoms with E-state index in [1.54, 1.807) is 17.0 Å². The topological polar surface area (TPSA) is 51.2 Å². The lowest BCUT2D eigenvalue weighted by atomic mass is 9.63. The second-order valence-corrected chi connectivity index (χ2v) is 19.0. The average Bonchev–Trinajstić information content (AvgIpc) is 4.11. The number of hydrogen-bond donors (Lipinski definition) is 0. The Bertz CT molecular complexity index is 2280. The van der Waals surface area contributed by atoms with Crippen molar-refractivity contribution < 1.29 is 71.7 Å². The highest BCUT2D eigenvalue weighted by atomic mass is 19.4. The van der Waals surface area contributed by atoms with Gasteiger partial charge in [0.25, 0.3) is 0 Å². The van der Waals surface area contributed by atoms with Crippen LogP contribution in [-0.4, -0.2) is 74.9 Å². The van der Waals surface area contributed by atoms with Crippen LogP contribution in [0.5, 0.6) is 11.5 Å². The lowest BCUT2D eigenvalue weighted by Gasteiger charge is -2.45. The van der Waals surface area contributed by atoms with E-state index in [2.05, 4.69) is 4.90 Å². The van der Waals surface area contributed by atoms with Crippen molar-refractivity contribution in [2.24, 2.45) is 11.8 Å². The van der Waals surface area contributed by atoms with Gasteiger partial charge in [-0.25, -0.2) is 0 Å². The van der Waals surface area contributed by atoms with E-state index in [0.29, 0.717) is 56.0 Å². The van der Waals surface area contributed by atoms with E-state index in [9.17, 15) is 57.5 Å². The number of likely N-dealkylation sites (tertiary alicyclic amines) is 2. The first-order valence-corrected chi connectivity index (χ1v) is 23.6. The van der Waals surface area contributed by atoms with Crippen LogP contribution in [0.3, 0.4) is 0 Å². The molecule has 6 nitrogen and oxygen atoms in total. The number of carbonyl (C=O) groups is 1. The molecule has 3 aliphatic heterocycles. The number of rotatable bonds is 11. The molecule has 0 bridgehead atoms. The molecule has 0 aromatic heterocycles. The number of alkyl halides is 12. The molecule has 3 saturated heterocycles. The van der Waals surface area contributed by atoms with Gasteiger partial charge in [-0.2, -0.15) is 52.7 Å². The van der Waals surface area contributed by atoms with Crippen molar-refractivity contribution in [1.82, 2.24) is 9.80 Å². The summed E-state index contributed by atoms with van der Waals surface area (Å²) in [6.07, 6.45) is -8.35. The zero-order valence-corrected chi connectivity index (χ0v) is 38.4. The molecule has 71 heavy (non-hydrogen) atoms. The van der Waals surface area contributed by atoms with Crippen molar-refractivity contribution >= 4 is 5.91 Å². The molecule has 18 heteroatoms. The zero-order chi connectivity index (χ0) is 50.4. The third-order valence-corrected chi connectivity index (χ3v) is 14.1. The number of ether oxygens (including phenoxy) is 3.